The number of hydrogen-bond acceptors (Lipinski definition) is 6. The van der Waals surface area contributed by atoms with Crippen molar-refractivity contribution in [2.45, 2.75) is 33.0 Å². The molecule has 1 aromatic heterocycles. The Morgan fingerprint density at radius 3 is 2.37 bits per heavy atom. The molecular formula is C13H17NO5. The fourth-order valence-corrected chi connectivity index (χ4v) is 1.28. The number of nitrogens with zero attached hydrogens (tertiary/aromatic N) is 1. The molecule has 0 fully saturated rings. The van der Waals surface area contributed by atoms with E-state index in [1.807, 2.05) is 13.8 Å². The molecule has 0 radical (unpaired) electrons. The molecule has 19 heavy (non-hydrogen) atoms. The van der Waals surface area contributed by atoms with Gasteiger partial charge in [-0.15, -0.1) is 0 Å². The van der Waals surface area contributed by atoms with Crippen molar-refractivity contribution < 1.29 is 23.8 Å². The molecule has 0 bridgehead atoms. The molecule has 1 heterocycles. The maximum absolute atomic E-state index is 11.7. The van der Waals surface area contributed by atoms with Crippen molar-refractivity contribution in [3.8, 4) is 5.75 Å². The van der Waals surface area contributed by atoms with Gasteiger partial charge in [-0.05, 0) is 32.9 Å². The van der Waals surface area contributed by atoms with E-state index >= 15 is 0 Å². The normalized spacial score (nSPS) is 11.8. The van der Waals surface area contributed by atoms with E-state index in [4.69, 9.17) is 9.47 Å². The molecule has 6 heteroatoms. The molecule has 1 aromatic rings. The topological polar surface area (TPSA) is 74.7 Å². The van der Waals surface area contributed by atoms with Crippen LogP contribution in [0.4, 0.5) is 0 Å². The Labute approximate surface area is 111 Å². The van der Waals surface area contributed by atoms with Gasteiger partial charge >= 0.3 is 11.9 Å². The summed E-state index contributed by atoms with van der Waals surface area (Å²) in [5.74, 6) is -0.741. The average molecular weight is 267 g/mol. The molecule has 1 unspecified atom stereocenters. The van der Waals surface area contributed by atoms with Gasteiger partial charge in [-0.3, -0.25) is 0 Å². The first-order valence-corrected chi connectivity index (χ1v) is 5.85. The van der Waals surface area contributed by atoms with E-state index in [-0.39, 0.29) is 11.8 Å². The molecule has 0 amide bonds. The largest absolute Gasteiger partial charge is 0.489 e. The monoisotopic (exact) mass is 267 g/mol. The van der Waals surface area contributed by atoms with Crippen molar-refractivity contribution in [3.05, 3.63) is 24.0 Å². The molecule has 1 rings (SSSR count). The second kappa shape index (κ2) is 6.72. The third-order valence-corrected chi connectivity index (χ3v) is 2.13. The summed E-state index contributed by atoms with van der Waals surface area (Å²) < 4.78 is 14.7. The van der Waals surface area contributed by atoms with Crippen molar-refractivity contribution in [3.63, 3.8) is 0 Å². The van der Waals surface area contributed by atoms with Gasteiger partial charge in [0.2, 0.25) is 0 Å². The zero-order valence-corrected chi connectivity index (χ0v) is 11.4. The van der Waals surface area contributed by atoms with Gasteiger partial charge in [0.25, 0.3) is 0 Å². The molecule has 0 saturated heterocycles. The number of aromatic nitrogens is 1. The molecule has 0 saturated carbocycles. The third-order valence-electron chi connectivity index (χ3n) is 2.13. The van der Waals surface area contributed by atoms with Crippen LogP contribution in [-0.4, -0.2) is 36.2 Å². The lowest BCUT2D eigenvalue weighted by molar-refractivity contribution is -0.149. The van der Waals surface area contributed by atoms with Gasteiger partial charge in [0.15, 0.2) is 6.10 Å². The van der Waals surface area contributed by atoms with Crippen LogP contribution in [0, 0.1) is 0 Å². The van der Waals surface area contributed by atoms with Gasteiger partial charge in [-0.25, -0.2) is 14.6 Å². The summed E-state index contributed by atoms with van der Waals surface area (Å²) in [6.07, 6.45) is 0.490. The summed E-state index contributed by atoms with van der Waals surface area (Å²) in [5, 5.41) is 0. The number of ether oxygens (including phenoxy) is 3. The second-order valence-electron chi connectivity index (χ2n) is 4.12. The molecule has 0 aliphatic heterocycles. The summed E-state index contributed by atoms with van der Waals surface area (Å²) in [6.45, 7) is 5.21. The minimum absolute atomic E-state index is 0.0268. The van der Waals surface area contributed by atoms with Crippen LogP contribution in [0.15, 0.2) is 18.3 Å². The number of esters is 2. The van der Waals surface area contributed by atoms with Crippen LogP contribution in [0.2, 0.25) is 0 Å². The highest BCUT2D eigenvalue weighted by Gasteiger charge is 2.20. The van der Waals surface area contributed by atoms with Crippen LogP contribution < -0.4 is 4.74 Å². The van der Waals surface area contributed by atoms with Gasteiger partial charge in [0.05, 0.1) is 19.4 Å². The van der Waals surface area contributed by atoms with E-state index in [9.17, 15) is 9.59 Å². The molecule has 0 aliphatic rings. The van der Waals surface area contributed by atoms with E-state index in [2.05, 4.69) is 9.72 Å². The lowest BCUT2D eigenvalue weighted by Crippen LogP contribution is -2.25. The quantitative estimate of drug-likeness (QED) is 0.754. The van der Waals surface area contributed by atoms with Gasteiger partial charge in [0, 0.05) is 0 Å². The van der Waals surface area contributed by atoms with E-state index in [0.29, 0.717) is 5.75 Å². The lowest BCUT2D eigenvalue weighted by atomic mass is 10.3. The van der Waals surface area contributed by atoms with Crippen molar-refractivity contribution in [1.82, 2.24) is 4.98 Å². The Hall–Kier alpha value is -2.11. The highest BCUT2D eigenvalue weighted by atomic mass is 16.6. The maximum Gasteiger partial charge on any atom is 0.357 e. The van der Waals surface area contributed by atoms with Crippen LogP contribution in [0.5, 0.6) is 5.75 Å². The molecule has 1 atom stereocenters. The number of methoxy groups -OCH3 is 1. The number of hydrogen-bond donors (Lipinski definition) is 0. The van der Waals surface area contributed by atoms with Crippen LogP contribution in [0.25, 0.3) is 0 Å². The molecule has 104 valence electrons. The molecule has 0 spiro atoms. The average Bonchev–Trinajstić information content (AvgIpc) is 2.37. The maximum atomic E-state index is 11.7. The highest BCUT2D eigenvalue weighted by Crippen LogP contribution is 2.12. The van der Waals surface area contributed by atoms with E-state index in [0.717, 1.165) is 0 Å². The third kappa shape index (κ3) is 4.57. The zero-order valence-electron chi connectivity index (χ0n) is 11.4. The Morgan fingerprint density at radius 2 is 1.89 bits per heavy atom. The fraction of sp³-hybridized carbons (Fsp3) is 0.462. The van der Waals surface area contributed by atoms with Crippen molar-refractivity contribution in [2.75, 3.05) is 7.11 Å². The minimum Gasteiger partial charge on any atom is -0.489 e. The van der Waals surface area contributed by atoms with Crippen LogP contribution >= 0.6 is 0 Å². The van der Waals surface area contributed by atoms with Crippen molar-refractivity contribution in [1.29, 1.82) is 0 Å². The van der Waals surface area contributed by atoms with Gasteiger partial charge in [-0.1, -0.05) is 0 Å². The molecule has 6 nitrogen and oxygen atoms in total. The number of carbonyl (C=O) groups excluding carboxylic acids is 2. The summed E-state index contributed by atoms with van der Waals surface area (Å²) in [4.78, 5) is 26.7. The smallest absolute Gasteiger partial charge is 0.357 e. The lowest BCUT2D eigenvalue weighted by Gasteiger charge is -2.11. The van der Waals surface area contributed by atoms with Crippen molar-refractivity contribution >= 4 is 11.9 Å². The fourth-order valence-electron chi connectivity index (χ4n) is 1.28. The van der Waals surface area contributed by atoms with Gasteiger partial charge in [-0.2, -0.15) is 0 Å². The van der Waals surface area contributed by atoms with Crippen LogP contribution in [-0.2, 0) is 14.3 Å². The summed E-state index contributed by atoms with van der Waals surface area (Å²) in [5.41, 5.74) is 0.104. The number of pyridine rings is 1. The number of carbonyl (C=O) groups is 2. The van der Waals surface area contributed by atoms with E-state index < -0.39 is 18.0 Å². The molecule has 0 aliphatic carbocycles. The summed E-state index contributed by atoms with van der Waals surface area (Å²) in [7, 11) is 1.23. The summed E-state index contributed by atoms with van der Waals surface area (Å²) >= 11 is 0. The zero-order chi connectivity index (χ0) is 14.4. The standard InChI is InChI=1S/C13H17NO5/c1-8(2)18-10-5-6-11(14-7-10)13(16)19-9(3)12(15)17-4/h5-9H,1-4H3. The first-order chi connectivity index (χ1) is 8.93. The Morgan fingerprint density at radius 1 is 1.21 bits per heavy atom. The minimum atomic E-state index is -0.967. The Bertz CT molecular complexity index is 441. The van der Waals surface area contributed by atoms with Crippen LogP contribution in [0.1, 0.15) is 31.3 Å². The second-order valence-corrected chi connectivity index (χ2v) is 4.12. The van der Waals surface area contributed by atoms with E-state index in [1.54, 1.807) is 6.07 Å². The number of rotatable bonds is 5. The van der Waals surface area contributed by atoms with Crippen molar-refractivity contribution in [2.24, 2.45) is 0 Å². The Balaban J connectivity index is 2.65. The highest BCUT2D eigenvalue weighted by molar-refractivity contribution is 5.89. The first-order valence-electron chi connectivity index (χ1n) is 5.85. The first kappa shape index (κ1) is 14.9. The predicted molar refractivity (Wildman–Crippen MR) is 66.9 cm³/mol. The van der Waals surface area contributed by atoms with Crippen LogP contribution in [0.3, 0.4) is 0 Å². The Kier molecular flexibility index (Phi) is 5.29. The van der Waals surface area contributed by atoms with E-state index in [1.165, 1.54) is 26.3 Å². The van der Waals surface area contributed by atoms with Gasteiger partial charge in [0.1, 0.15) is 11.4 Å². The predicted octanol–water partition coefficient (Wildman–Crippen LogP) is 1.59. The molecule has 0 aromatic carbocycles. The summed E-state index contributed by atoms with van der Waals surface area (Å²) in [6, 6.07) is 3.09. The molecular weight excluding hydrogens is 250 g/mol. The SMILES string of the molecule is COC(=O)C(C)OC(=O)c1ccc(OC(C)C)cn1. The molecule has 0 N–H and O–H groups in total. The van der Waals surface area contributed by atoms with Gasteiger partial charge < -0.3 is 14.2 Å².